The molecule has 1 saturated carbocycles. The normalized spacial score (nSPS) is 33.6. The second-order valence-electron chi connectivity index (χ2n) is 4.73. The molecule has 1 saturated heterocycles. The Morgan fingerprint density at radius 3 is 2.38 bits per heavy atom. The van der Waals surface area contributed by atoms with Crippen LogP contribution in [0.5, 0.6) is 0 Å². The number of hydrogen-bond acceptors (Lipinski definition) is 4. The zero-order valence-corrected chi connectivity index (χ0v) is 9.81. The van der Waals surface area contributed by atoms with Crippen molar-refractivity contribution in [1.29, 1.82) is 0 Å². The van der Waals surface area contributed by atoms with Gasteiger partial charge < -0.3 is 14.6 Å². The molecule has 0 unspecified atom stereocenters. The number of aliphatic carboxylic acids is 1. The minimum atomic E-state index is -0.659. The number of carboxylic acid groups (broad SMARTS) is 1. The third kappa shape index (κ3) is 1.95. The minimum Gasteiger partial charge on any atom is -0.481 e. The van der Waals surface area contributed by atoms with Crippen molar-refractivity contribution in [3.05, 3.63) is 0 Å². The molecule has 0 aromatic heterocycles. The highest BCUT2D eigenvalue weighted by Gasteiger charge is 2.48. The van der Waals surface area contributed by atoms with Gasteiger partial charge in [0.1, 0.15) is 0 Å². The smallest absolute Gasteiger partial charge is 0.306 e. The van der Waals surface area contributed by atoms with E-state index in [1.165, 1.54) is 0 Å². The Bertz CT molecular complexity index is 269. The SMILES string of the molecule is COC1(OC)CN([C@H]2CC[C@@H](C(=O)O)C2)C1. The molecule has 0 aromatic rings. The quantitative estimate of drug-likeness (QED) is 0.713. The second kappa shape index (κ2) is 4.31. The highest BCUT2D eigenvalue weighted by molar-refractivity contribution is 5.70. The van der Waals surface area contributed by atoms with Crippen molar-refractivity contribution in [2.24, 2.45) is 5.92 Å². The predicted molar refractivity (Wildman–Crippen MR) is 57.1 cm³/mol. The fraction of sp³-hybridized carbons (Fsp3) is 0.909. The maximum Gasteiger partial charge on any atom is 0.306 e. The van der Waals surface area contributed by atoms with Gasteiger partial charge in [-0.15, -0.1) is 0 Å². The van der Waals surface area contributed by atoms with E-state index in [2.05, 4.69) is 4.90 Å². The summed E-state index contributed by atoms with van der Waals surface area (Å²) in [5.41, 5.74) is 0. The summed E-state index contributed by atoms with van der Waals surface area (Å²) in [6, 6.07) is 0.388. The van der Waals surface area contributed by atoms with Crippen LogP contribution in [0.3, 0.4) is 0 Å². The van der Waals surface area contributed by atoms with Crippen LogP contribution < -0.4 is 0 Å². The molecule has 0 aromatic carbocycles. The molecule has 0 spiro atoms. The molecule has 1 aliphatic heterocycles. The Morgan fingerprint density at radius 1 is 1.31 bits per heavy atom. The number of ether oxygens (including phenoxy) is 2. The fourth-order valence-electron chi connectivity index (χ4n) is 2.69. The number of carbonyl (C=O) groups is 1. The molecule has 2 aliphatic rings. The Balaban J connectivity index is 1.83. The van der Waals surface area contributed by atoms with E-state index in [-0.39, 0.29) is 5.92 Å². The first-order chi connectivity index (χ1) is 7.60. The maximum atomic E-state index is 10.8. The summed E-state index contributed by atoms with van der Waals surface area (Å²) in [4.78, 5) is 13.1. The molecule has 1 aliphatic carbocycles. The Morgan fingerprint density at radius 2 is 1.94 bits per heavy atom. The molecule has 0 amide bonds. The molecule has 2 rings (SSSR count). The second-order valence-corrected chi connectivity index (χ2v) is 4.73. The van der Waals surface area contributed by atoms with E-state index in [0.29, 0.717) is 6.04 Å². The standard InChI is InChI=1S/C11H19NO4/c1-15-11(16-2)6-12(7-11)9-4-3-8(5-9)10(13)14/h8-9H,3-7H2,1-2H3,(H,13,14)/t8-,9+/m1/s1. The largest absolute Gasteiger partial charge is 0.481 e. The monoisotopic (exact) mass is 229 g/mol. The van der Waals surface area contributed by atoms with E-state index in [1.54, 1.807) is 14.2 Å². The van der Waals surface area contributed by atoms with Crippen LogP contribution in [0.2, 0.25) is 0 Å². The molecule has 0 radical (unpaired) electrons. The molecular formula is C11H19NO4. The van der Waals surface area contributed by atoms with Crippen molar-refractivity contribution in [2.45, 2.75) is 31.1 Å². The molecule has 5 nitrogen and oxygen atoms in total. The average Bonchev–Trinajstić information content (AvgIpc) is 2.67. The molecule has 16 heavy (non-hydrogen) atoms. The number of rotatable bonds is 4. The van der Waals surface area contributed by atoms with E-state index in [1.807, 2.05) is 0 Å². The van der Waals surface area contributed by atoms with Gasteiger partial charge in [0.25, 0.3) is 0 Å². The molecule has 92 valence electrons. The molecule has 2 atom stereocenters. The van der Waals surface area contributed by atoms with Gasteiger partial charge in [0.15, 0.2) is 5.79 Å². The number of hydrogen-bond donors (Lipinski definition) is 1. The Hall–Kier alpha value is -0.650. The van der Waals surface area contributed by atoms with Gasteiger partial charge in [0.2, 0.25) is 0 Å². The van der Waals surface area contributed by atoms with Crippen molar-refractivity contribution < 1.29 is 19.4 Å². The van der Waals surface area contributed by atoms with E-state index in [9.17, 15) is 4.79 Å². The minimum absolute atomic E-state index is 0.162. The maximum absolute atomic E-state index is 10.8. The first kappa shape index (κ1) is 11.8. The number of carboxylic acids is 1. The summed E-state index contributed by atoms with van der Waals surface area (Å²) in [5, 5.41) is 8.93. The Kier molecular flexibility index (Phi) is 3.19. The van der Waals surface area contributed by atoms with Crippen LogP contribution in [0, 0.1) is 5.92 Å². The van der Waals surface area contributed by atoms with Gasteiger partial charge >= 0.3 is 5.97 Å². The zero-order valence-electron chi connectivity index (χ0n) is 9.81. The first-order valence-electron chi connectivity index (χ1n) is 5.67. The topological polar surface area (TPSA) is 59.0 Å². The lowest BCUT2D eigenvalue weighted by molar-refractivity contribution is -0.281. The zero-order chi connectivity index (χ0) is 11.8. The van der Waals surface area contributed by atoms with Gasteiger partial charge in [0, 0.05) is 20.3 Å². The molecular weight excluding hydrogens is 210 g/mol. The van der Waals surface area contributed by atoms with Crippen LogP contribution in [0.4, 0.5) is 0 Å². The van der Waals surface area contributed by atoms with E-state index in [0.717, 1.165) is 32.4 Å². The van der Waals surface area contributed by atoms with Crippen LogP contribution in [-0.2, 0) is 14.3 Å². The van der Waals surface area contributed by atoms with Crippen molar-refractivity contribution in [2.75, 3.05) is 27.3 Å². The number of nitrogens with zero attached hydrogens (tertiary/aromatic N) is 1. The van der Waals surface area contributed by atoms with E-state index in [4.69, 9.17) is 14.6 Å². The van der Waals surface area contributed by atoms with Gasteiger partial charge in [-0.3, -0.25) is 9.69 Å². The van der Waals surface area contributed by atoms with Crippen molar-refractivity contribution in [3.63, 3.8) is 0 Å². The molecule has 2 fully saturated rings. The number of likely N-dealkylation sites (tertiary alicyclic amines) is 1. The third-order valence-corrected chi connectivity index (χ3v) is 3.90. The predicted octanol–water partition coefficient (Wildman–Crippen LogP) is 0.544. The lowest BCUT2D eigenvalue weighted by Gasteiger charge is -2.50. The number of methoxy groups -OCH3 is 2. The highest BCUT2D eigenvalue weighted by atomic mass is 16.7. The van der Waals surface area contributed by atoms with E-state index >= 15 is 0 Å². The van der Waals surface area contributed by atoms with Crippen LogP contribution >= 0.6 is 0 Å². The average molecular weight is 229 g/mol. The molecule has 1 N–H and O–H groups in total. The van der Waals surface area contributed by atoms with Crippen molar-refractivity contribution in [1.82, 2.24) is 4.90 Å². The molecule has 1 heterocycles. The molecule has 5 heteroatoms. The van der Waals surface area contributed by atoms with Gasteiger partial charge in [-0.1, -0.05) is 0 Å². The third-order valence-electron chi connectivity index (χ3n) is 3.90. The van der Waals surface area contributed by atoms with E-state index < -0.39 is 11.8 Å². The van der Waals surface area contributed by atoms with Gasteiger partial charge in [-0.05, 0) is 19.3 Å². The lowest BCUT2D eigenvalue weighted by Crippen LogP contribution is -2.66. The summed E-state index contributed by atoms with van der Waals surface area (Å²) in [6.45, 7) is 1.49. The summed E-state index contributed by atoms with van der Waals surface area (Å²) < 4.78 is 10.6. The summed E-state index contributed by atoms with van der Waals surface area (Å²) in [6.07, 6.45) is 2.53. The van der Waals surface area contributed by atoms with Crippen LogP contribution in [-0.4, -0.2) is 55.1 Å². The first-order valence-corrected chi connectivity index (χ1v) is 5.67. The summed E-state index contributed by atoms with van der Waals surface area (Å²) >= 11 is 0. The lowest BCUT2D eigenvalue weighted by atomic mass is 10.0. The Labute approximate surface area is 95.3 Å². The van der Waals surface area contributed by atoms with Crippen molar-refractivity contribution in [3.8, 4) is 0 Å². The van der Waals surface area contributed by atoms with Gasteiger partial charge in [-0.2, -0.15) is 0 Å². The van der Waals surface area contributed by atoms with Crippen LogP contribution in [0.25, 0.3) is 0 Å². The van der Waals surface area contributed by atoms with Gasteiger partial charge in [-0.25, -0.2) is 0 Å². The fourth-order valence-corrected chi connectivity index (χ4v) is 2.69. The molecule has 0 bridgehead atoms. The highest BCUT2D eigenvalue weighted by Crippen LogP contribution is 2.36. The summed E-state index contributed by atoms with van der Waals surface area (Å²) in [5.74, 6) is -1.28. The van der Waals surface area contributed by atoms with Crippen molar-refractivity contribution >= 4 is 5.97 Å². The van der Waals surface area contributed by atoms with Crippen LogP contribution in [0.15, 0.2) is 0 Å². The van der Waals surface area contributed by atoms with Gasteiger partial charge in [0.05, 0.1) is 19.0 Å². The van der Waals surface area contributed by atoms with Crippen LogP contribution in [0.1, 0.15) is 19.3 Å². The summed E-state index contributed by atoms with van der Waals surface area (Å²) in [7, 11) is 3.30.